The Hall–Kier alpha value is 2.57. The molecule has 0 saturated carbocycles. The maximum atomic E-state index is 3.62. The zero-order valence-corrected chi connectivity index (χ0v) is 14.1. The van der Waals surface area contributed by atoms with Crippen molar-refractivity contribution in [2.24, 2.45) is 0 Å². The van der Waals surface area contributed by atoms with E-state index in [1.54, 1.807) is 0 Å². The summed E-state index contributed by atoms with van der Waals surface area (Å²) in [5.74, 6) is 0. The van der Waals surface area contributed by atoms with Gasteiger partial charge in [0.15, 0.2) is 0 Å². The average Bonchev–Trinajstić information content (AvgIpc) is 1.31. The SMILES string of the molecule is [SiH3][SiH](Br)[Si](Br)(Br)Br. The van der Waals surface area contributed by atoms with E-state index in [1.165, 1.54) is 9.76 Å². The third-order valence-electron chi connectivity index (χ3n) is 0.451. The van der Waals surface area contributed by atoms with Crippen LogP contribution in [-0.4, -0.2) is 19.7 Å². The van der Waals surface area contributed by atoms with Crippen molar-refractivity contribution in [1.29, 1.82) is 0 Å². The van der Waals surface area contributed by atoms with Crippen LogP contribution >= 0.6 is 61.2 Å². The summed E-state index contributed by atoms with van der Waals surface area (Å²) < 4.78 is -1.18. The van der Waals surface area contributed by atoms with Gasteiger partial charge in [-0.25, -0.2) is 0 Å². The van der Waals surface area contributed by atoms with E-state index in [9.17, 15) is 0 Å². The predicted octanol–water partition coefficient (Wildman–Crippen LogP) is 1.17. The van der Waals surface area contributed by atoms with Crippen molar-refractivity contribution in [2.45, 2.75) is 0 Å². The Balaban J connectivity index is 3.54. The molecule has 0 amide bonds. The molecule has 0 aromatic carbocycles. The monoisotopic (exact) mass is 404 g/mol. The Morgan fingerprint density at radius 3 is 1.43 bits per heavy atom. The highest BCUT2D eigenvalue weighted by atomic mass is 80.0. The van der Waals surface area contributed by atoms with Gasteiger partial charge < -0.3 is 0 Å². The molecule has 0 spiro atoms. The molecule has 0 heterocycles. The van der Waals surface area contributed by atoms with Crippen LogP contribution in [0.25, 0.3) is 0 Å². The maximum Gasteiger partial charge on any atom is 0.259 e. The second kappa shape index (κ2) is 3.67. The van der Waals surface area contributed by atoms with Gasteiger partial charge in [-0.05, 0) is 0 Å². The minimum atomic E-state index is -1.18. The molecule has 0 aromatic rings. The van der Waals surface area contributed by atoms with Crippen LogP contribution in [-0.2, 0) is 0 Å². The maximum absolute atomic E-state index is 3.62. The predicted molar refractivity (Wildman–Crippen MR) is 58.6 cm³/mol. The third kappa shape index (κ3) is 5.04. The van der Waals surface area contributed by atoms with Crippen molar-refractivity contribution in [3.63, 3.8) is 0 Å². The molecular formula is H4Br4Si3. The fourth-order valence-electron chi connectivity index (χ4n) is 0. The van der Waals surface area contributed by atoms with Crippen LogP contribution in [0.15, 0.2) is 0 Å². The summed E-state index contributed by atoms with van der Waals surface area (Å²) in [5.41, 5.74) is 0. The second-order valence-electron chi connectivity index (χ2n) is 1.16. The topological polar surface area (TPSA) is 0 Å². The fourth-order valence-corrected chi connectivity index (χ4v) is 0. The standard InChI is InChI=1S/Br4H4Si3/c1-6(5)7(2,3)4/h6H,5H3. The quantitative estimate of drug-likeness (QED) is 0.452. The first-order valence-corrected chi connectivity index (χ1v) is 20.0. The lowest BCUT2D eigenvalue weighted by Gasteiger charge is -2.08. The summed E-state index contributed by atoms with van der Waals surface area (Å²) in [5, 5.41) is 0. The Labute approximate surface area is 79.7 Å². The van der Waals surface area contributed by atoms with Gasteiger partial charge in [0.05, 0.1) is 0 Å². The van der Waals surface area contributed by atoms with Gasteiger partial charge in [0.2, 0.25) is 0 Å². The lowest BCUT2D eigenvalue weighted by Crippen LogP contribution is -2.28. The molecule has 7 heavy (non-hydrogen) atoms. The van der Waals surface area contributed by atoms with Crippen LogP contribution in [0, 0.1) is 0 Å². The largest absolute Gasteiger partial charge is 0.259 e. The lowest BCUT2D eigenvalue weighted by molar-refractivity contribution is 4.05. The highest BCUT2D eigenvalue weighted by Crippen LogP contribution is 2.30. The smallest absolute Gasteiger partial charge is 0.135 e. The van der Waals surface area contributed by atoms with Crippen LogP contribution in [0.4, 0.5) is 0 Å². The van der Waals surface area contributed by atoms with Crippen LogP contribution in [0.3, 0.4) is 0 Å². The molecule has 0 aliphatic carbocycles. The fraction of sp³-hybridized carbons (Fsp3) is 0. The average molecular weight is 408 g/mol. The minimum Gasteiger partial charge on any atom is -0.135 e. The first-order valence-electron chi connectivity index (χ1n) is 1.65. The molecular weight excluding hydrogens is 404 g/mol. The molecule has 0 saturated heterocycles. The molecule has 1 unspecified atom stereocenters. The summed E-state index contributed by atoms with van der Waals surface area (Å²) >= 11 is 14.3. The number of halogens is 4. The molecule has 0 nitrogen and oxygen atoms in total. The van der Waals surface area contributed by atoms with Crippen LogP contribution < -0.4 is 0 Å². The van der Waals surface area contributed by atoms with Crippen molar-refractivity contribution in [2.75, 3.05) is 0 Å². The Morgan fingerprint density at radius 2 is 1.43 bits per heavy atom. The van der Waals surface area contributed by atoms with Crippen LogP contribution in [0.1, 0.15) is 0 Å². The number of rotatable bonds is 1. The zero-order valence-electron chi connectivity index (χ0n) is 3.59. The van der Waals surface area contributed by atoms with Crippen molar-refractivity contribution in [1.82, 2.24) is 0 Å². The molecule has 0 aliphatic heterocycles. The Morgan fingerprint density at radius 1 is 1.29 bits per heavy atom. The van der Waals surface area contributed by atoms with Gasteiger partial charge in [0.25, 0.3) is 3.45 Å². The molecule has 0 rings (SSSR count). The molecule has 0 bridgehead atoms. The van der Waals surface area contributed by atoms with E-state index in [2.05, 4.69) is 61.2 Å². The highest BCUT2D eigenvalue weighted by molar-refractivity contribution is 9.76. The summed E-state index contributed by atoms with van der Waals surface area (Å²) in [6.07, 6.45) is 0. The first kappa shape index (κ1) is 9.57. The summed E-state index contributed by atoms with van der Waals surface area (Å²) in [4.78, 5) is 0. The van der Waals surface area contributed by atoms with Gasteiger partial charge in [-0.2, -0.15) is 0 Å². The van der Waals surface area contributed by atoms with Crippen molar-refractivity contribution in [3.05, 3.63) is 0 Å². The van der Waals surface area contributed by atoms with E-state index in [4.69, 9.17) is 0 Å². The highest BCUT2D eigenvalue weighted by Gasteiger charge is 2.29. The molecule has 0 N–H and O–H groups in total. The van der Waals surface area contributed by atoms with Gasteiger partial charge in [-0.1, -0.05) is 45.9 Å². The van der Waals surface area contributed by atoms with Crippen molar-refractivity contribution in [3.8, 4) is 0 Å². The molecule has 0 radical (unpaired) electrons. The Kier molecular flexibility index (Phi) is 5.02. The molecule has 0 fully saturated rings. The molecule has 0 aliphatic rings. The van der Waals surface area contributed by atoms with Crippen LogP contribution in [0.5, 0.6) is 0 Å². The summed E-state index contributed by atoms with van der Waals surface area (Å²) in [6, 6.07) is 0. The van der Waals surface area contributed by atoms with Gasteiger partial charge in [-0.15, -0.1) is 15.3 Å². The van der Waals surface area contributed by atoms with Gasteiger partial charge >= 0.3 is 0 Å². The van der Waals surface area contributed by atoms with E-state index < -0.39 is 9.90 Å². The van der Waals surface area contributed by atoms with E-state index in [-0.39, 0.29) is 0 Å². The zero-order chi connectivity index (χ0) is 6.08. The summed E-state index contributed by atoms with van der Waals surface area (Å²) in [6.45, 7) is -0.519. The lowest BCUT2D eigenvalue weighted by atomic mass is 26.6. The van der Waals surface area contributed by atoms with E-state index in [0.717, 1.165) is 0 Å². The Bertz CT molecular complexity index is 52.4. The van der Waals surface area contributed by atoms with Gasteiger partial charge in [0, 0.05) is 9.76 Å². The normalized spacial score (nSPS) is 17.1. The molecule has 1 atom stereocenters. The van der Waals surface area contributed by atoms with E-state index >= 15 is 0 Å². The number of hydrogen-bond donors (Lipinski definition) is 0. The first-order chi connectivity index (χ1) is 2.94. The van der Waals surface area contributed by atoms with Gasteiger partial charge in [-0.3, -0.25) is 0 Å². The van der Waals surface area contributed by atoms with Crippen molar-refractivity contribution < 1.29 is 0 Å². The van der Waals surface area contributed by atoms with E-state index in [0.29, 0.717) is 0 Å². The molecule has 44 valence electrons. The molecule has 0 aromatic heterocycles. The molecule has 7 heteroatoms. The minimum absolute atomic E-state index is 0.519. The van der Waals surface area contributed by atoms with Crippen LogP contribution in [0.2, 0.25) is 0 Å². The summed E-state index contributed by atoms with van der Waals surface area (Å²) in [7, 11) is 1.30. The van der Waals surface area contributed by atoms with Crippen molar-refractivity contribution >= 4 is 80.8 Å². The van der Waals surface area contributed by atoms with E-state index in [1.807, 2.05) is 0 Å². The third-order valence-corrected chi connectivity index (χ3v) is 76.0. The van der Waals surface area contributed by atoms with Gasteiger partial charge in [0.1, 0.15) is 6.45 Å². The second-order valence-corrected chi connectivity index (χ2v) is 55.8. The number of hydrogen-bond acceptors (Lipinski definition) is 0.